The molecule has 0 atom stereocenters. The highest BCUT2D eigenvalue weighted by atomic mass is 16.6. The molecular weight excluding hydrogens is 336 g/mol. The monoisotopic (exact) mass is 358 g/mol. The summed E-state index contributed by atoms with van der Waals surface area (Å²) < 4.78 is 0. The molecule has 0 spiro atoms. The van der Waals surface area contributed by atoms with Gasteiger partial charge in [-0.15, -0.1) is 0 Å². The predicted molar refractivity (Wildman–Crippen MR) is 96.5 cm³/mol. The summed E-state index contributed by atoms with van der Waals surface area (Å²) in [6.45, 7) is 1.01. The normalized spacial score (nSPS) is 19.7. The number of anilines is 2. The van der Waals surface area contributed by atoms with E-state index in [1.807, 2.05) is 0 Å². The molecule has 0 aromatic carbocycles. The standard InChI is InChI=1S/C16H22N8O2/c17-12-3-1-11(2-4-12)7-20-15-14(24(25)26)10-22-16(23-15)21-9-13-8-18-5-6-19-13/h5-6,8,10-12H,1-4,7,9,17H2,(H2,20,21,22,23)/t11-,12-. The van der Waals surface area contributed by atoms with Gasteiger partial charge < -0.3 is 16.4 Å². The third kappa shape index (κ3) is 4.82. The van der Waals surface area contributed by atoms with E-state index in [9.17, 15) is 10.1 Å². The topological polar surface area (TPSA) is 145 Å². The Hall–Kier alpha value is -2.88. The second kappa shape index (κ2) is 8.48. The van der Waals surface area contributed by atoms with Crippen LogP contribution in [0.4, 0.5) is 17.5 Å². The van der Waals surface area contributed by atoms with Crippen molar-refractivity contribution in [1.29, 1.82) is 0 Å². The maximum Gasteiger partial charge on any atom is 0.329 e. The fourth-order valence-corrected chi connectivity index (χ4v) is 2.95. The lowest BCUT2D eigenvalue weighted by Crippen LogP contribution is -2.29. The fourth-order valence-electron chi connectivity index (χ4n) is 2.95. The van der Waals surface area contributed by atoms with Gasteiger partial charge in [0, 0.05) is 25.0 Å². The molecule has 1 fully saturated rings. The lowest BCUT2D eigenvalue weighted by Gasteiger charge is -2.26. The van der Waals surface area contributed by atoms with Gasteiger partial charge in [-0.05, 0) is 31.6 Å². The summed E-state index contributed by atoms with van der Waals surface area (Å²) in [4.78, 5) is 27.2. The highest BCUT2D eigenvalue weighted by Gasteiger charge is 2.21. The Morgan fingerprint density at radius 2 is 1.96 bits per heavy atom. The number of nitro groups is 1. The smallest absolute Gasteiger partial charge is 0.329 e. The van der Waals surface area contributed by atoms with E-state index < -0.39 is 4.92 Å². The van der Waals surface area contributed by atoms with E-state index in [0.717, 1.165) is 31.4 Å². The summed E-state index contributed by atoms with van der Waals surface area (Å²) in [5, 5.41) is 17.4. The van der Waals surface area contributed by atoms with Crippen molar-refractivity contribution in [1.82, 2.24) is 19.9 Å². The SMILES string of the molecule is N[C@H]1CC[C@H](CNc2nc(NCc3cnccn3)ncc2[N+](=O)[O-])CC1. The number of nitrogens with one attached hydrogen (secondary N) is 2. The van der Waals surface area contributed by atoms with E-state index in [1.54, 1.807) is 18.6 Å². The van der Waals surface area contributed by atoms with E-state index in [-0.39, 0.29) is 17.5 Å². The summed E-state index contributed by atoms with van der Waals surface area (Å²) in [6.07, 6.45) is 10.0. The van der Waals surface area contributed by atoms with Crippen molar-refractivity contribution in [3.8, 4) is 0 Å². The Bertz CT molecular complexity index is 734. The maximum atomic E-state index is 11.2. The molecule has 2 aromatic rings. The predicted octanol–water partition coefficient (Wildman–Crippen LogP) is 1.72. The van der Waals surface area contributed by atoms with Crippen molar-refractivity contribution in [2.75, 3.05) is 17.2 Å². The van der Waals surface area contributed by atoms with E-state index in [0.29, 0.717) is 25.0 Å². The molecule has 2 heterocycles. The minimum Gasteiger partial charge on any atom is -0.364 e. The first-order valence-electron chi connectivity index (χ1n) is 8.61. The Morgan fingerprint density at radius 1 is 1.15 bits per heavy atom. The first kappa shape index (κ1) is 17.9. The van der Waals surface area contributed by atoms with Gasteiger partial charge in [-0.2, -0.15) is 4.98 Å². The van der Waals surface area contributed by atoms with Gasteiger partial charge in [0.15, 0.2) is 0 Å². The van der Waals surface area contributed by atoms with Crippen LogP contribution in [-0.2, 0) is 6.54 Å². The Labute approximate surface area is 150 Å². The Kier molecular flexibility index (Phi) is 5.84. The second-order valence-electron chi connectivity index (χ2n) is 6.40. The van der Waals surface area contributed by atoms with Crippen LogP contribution in [0.2, 0.25) is 0 Å². The zero-order chi connectivity index (χ0) is 18.4. The summed E-state index contributed by atoms with van der Waals surface area (Å²) in [5.41, 5.74) is 6.51. The van der Waals surface area contributed by atoms with Crippen LogP contribution in [0.25, 0.3) is 0 Å². The molecule has 138 valence electrons. The number of aromatic nitrogens is 4. The third-order valence-corrected chi connectivity index (χ3v) is 4.46. The van der Waals surface area contributed by atoms with Gasteiger partial charge in [0.25, 0.3) is 0 Å². The van der Waals surface area contributed by atoms with Crippen molar-refractivity contribution in [3.63, 3.8) is 0 Å². The highest BCUT2D eigenvalue weighted by molar-refractivity contribution is 5.57. The lowest BCUT2D eigenvalue weighted by atomic mass is 9.86. The number of nitrogens with two attached hydrogens (primary N) is 1. The van der Waals surface area contributed by atoms with Gasteiger partial charge in [-0.25, -0.2) is 4.98 Å². The molecule has 10 heteroatoms. The first-order chi connectivity index (χ1) is 12.6. The third-order valence-electron chi connectivity index (χ3n) is 4.46. The second-order valence-corrected chi connectivity index (χ2v) is 6.40. The summed E-state index contributed by atoms with van der Waals surface area (Å²) >= 11 is 0. The largest absolute Gasteiger partial charge is 0.364 e. The zero-order valence-electron chi connectivity index (χ0n) is 14.3. The molecule has 3 rings (SSSR count). The zero-order valence-corrected chi connectivity index (χ0v) is 14.3. The molecular formula is C16H22N8O2. The molecule has 1 aliphatic carbocycles. The fraction of sp³-hybridized carbons (Fsp3) is 0.500. The summed E-state index contributed by atoms with van der Waals surface area (Å²) in [7, 11) is 0. The van der Waals surface area contributed by atoms with Gasteiger partial charge >= 0.3 is 5.69 Å². The van der Waals surface area contributed by atoms with Crippen LogP contribution in [0.15, 0.2) is 24.8 Å². The van der Waals surface area contributed by atoms with Gasteiger partial charge in [0.2, 0.25) is 11.8 Å². The molecule has 0 bridgehead atoms. The molecule has 0 aliphatic heterocycles. The number of hydrogen-bond donors (Lipinski definition) is 3. The molecule has 0 amide bonds. The molecule has 10 nitrogen and oxygen atoms in total. The van der Waals surface area contributed by atoms with Crippen LogP contribution in [0, 0.1) is 16.0 Å². The van der Waals surface area contributed by atoms with E-state index in [2.05, 4.69) is 30.6 Å². The highest BCUT2D eigenvalue weighted by Crippen LogP contribution is 2.26. The van der Waals surface area contributed by atoms with Crippen molar-refractivity contribution >= 4 is 17.5 Å². The molecule has 4 N–H and O–H groups in total. The van der Waals surface area contributed by atoms with Gasteiger partial charge in [0.1, 0.15) is 6.20 Å². The van der Waals surface area contributed by atoms with Crippen LogP contribution in [0.3, 0.4) is 0 Å². The molecule has 1 aliphatic rings. The Balaban J connectivity index is 1.65. The number of nitrogens with zero attached hydrogens (tertiary/aromatic N) is 5. The minimum atomic E-state index is -0.481. The van der Waals surface area contributed by atoms with Crippen molar-refractivity contribution < 1.29 is 4.92 Å². The molecule has 0 saturated heterocycles. The van der Waals surface area contributed by atoms with Gasteiger partial charge in [0.05, 0.1) is 23.4 Å². The maximum absolute atomic E-state index is 11.2. The molecule has 0 radical (unpaired) electrons. The molecule has 1 saturated carbocycles. The van der Waals surface area contributed by atoms with Crippen LogP contribution in [-0.4, -0.2) is 37.4 Å². The van der Waals surface area contributed by atoms with Crippen LogP contribution < -0.4 is 16.4 Å². The van der Waals surface area contributed by atoms with Crippen LogP contribution in [0.5, 0.6) is 0 Å². The van der Waals surface area contributed by atoms with Gasteiger partial charge in [-0.3, -0.25) is 20.1 Å². The van der Waals surface area contributed by atoms with Crippen LogP contribution >= 0.6 is 0 Å². The minimum absolute atomic E-state index is 0.137. The molecule has 2 aromatic heterocycles. The number of hydrogen-bond acceptors (Lipinski definition) is 9. The first-order valence-corrected chi connectivity index (χ1v) is 8.61. The molecule has 0 unspecified atom stereocenters. The molecule has 26 heavy (non-hydrogen) atoms. The lowest BCUT2D eigenvalue weighted by molar-refractivity contribution is -0.384. The van der Waals surface area contributed by atoms with Crippen LogP contribution in [0.1, 0.15) is 31.4 Å². The van der Waals surface area contributed by atoms with E-state index in [1.165, 1.54) is 6.20 Å². The summed E-state index contributed by atoms with van der Waals surface area (Å²) in [5.74, 6) is 0.969. The summed E-state index contributed by atoms with van der Waals surface area (Å²) in [6, 6.07) is 0.275. The number of rotatable bonds is 7. The van der Waals surface area contributed by atoms with E-state index in [4.69, 9.17) is 5.73 Å². The quantitative estimate of drug-likeness (QED) is 0.497. The average Bonchev–Trinajstić information content (AvgIpc) is 2.66. The Morgan fingerprint density at radius 3 is 2.65 bits per heavy atom. The van der Waals surface area contributed by atoms with Crippen molar-refractivity contribution in [2.24, 2.45) is 11.7 Å². The average molecular weight is 358 g/mol. The van der Waals surface area contributed by atoms with Crippen molar-refractivity contribution in [3.05, 3.63) is 40.6 Å². The van der Waals surface area contributed by atoms with Gasteiger partial charge in [-0.1, -0.05) is 0 Å². The van der Waals surface area contributed by atoms with Crippen molar-refractivity contribution in [2.45, 2.75) is 38.3 Å². The van der Waals surface area contributed by atoms with E-state index >= 15 is 0 Å².